The van der Waals surface area contributed by atoms with Crippen molar-refractivity contribution in [2.75, 3.05) is 6.54 Å². The molecule has 1 heterocycles. The summed E-state index contributed by atoms with van der Waals surface area (Å²) in [5.74, 6) is 0. The zero-order valence-corrected chi connectivity index (χ0v) is 14.2. The van der Waals surface area contributed by atoms with Gasteiger partial charge in [0.25, 0.3) is 0 Å². The number of benzene rings is 1. The van der Waals surface area contributed by atoms with E-state index in [0.717, 1.165) is 50.5 Å². The predicted molar refractivity (Wildman–Crippen MR) is 92.3 cm³/mol. The lowest BCUT2D eigenvalue weighted by Crippen LogP contribution is -2.47. The highest BCUT2D eigenvalue weighted by Gasteiger charge is 2.31. The minimum Gasteiger partial charge on any atom is -0.444 e. The summed E-state index contributed by atoms with van der Waals surface area (Å²) >= 11 is 0. The average Bonchev–Trinajstić information content (AvgIpc) is 2.63. The lowest BCUT2D eigenvalue weighted by molar-refractivity contribution is -0.117. The van der Waals surface area contributed by atoms with Crippen molar-refractivity contribution in [3.8, 4) is 0 Å². The summed E-state index contributed by atoms with van der Waals surface area (Å²) in [5, 5.41) is 0. The van der Waals surface area contributed by atoms with Gasteiger partial charge in [-0.3, -0.25) is 4.90 Å². The number of nitrogens with two attached hydrogens (primary N) is 1. The topological polar surface area (TPSA) is 64.8 Å². The molecule has 1 amide bonds. The van der Waals surface area contributed by atoms with E-state index >= 15 is 0 Å². The van der Waals surface area contributed by atoms with Gasteiger partial charge < -0.3 is 15.2 Å². The van der Waals surface area contributed by atoms with Gasteiger partial charge >= 0.3 is 6.09 Å². The third-order valence-corrected chi connectivity index (χ3v) is 4.96. The van der Waals surface area contributed by atoms with Crippen LogP contribution < -0.4 is 5.73 Å². The van der Waals surface area contributed by atoms with Crippen molar-refractivity contribution < 1.29 is 14.3 Å². The lowest BCUT2D eigenvalue weighted by Gasteiger charge is -2.38. The number of amides is 1. The first kappa shape index (κ1) is 17.2. The largest absolute Gasteiger partial charge is 0.444 e. The van der Waals surface area contributed by atoms with Crippen molar-refractivity contribution >= 4 is 6.09 Å². The summed E-state index contributed by atoms with van der Waals surface area (Å²) in [6, 6.07) is 10.1. The third kappa shape index (κ3) is 4.71. The van der Waals surface area contributed by atoms with Crippen LogP contribution in [0, 0.1) is 0 Å². The Balaban J connectivity index is 1.52. The number of carbonyl (C=O) groups is 1. The number of hydrogen-bond acceptors (Lipinski definition) is 4. The fraction of sp³-hybridized carbons (Fsp3) is 0.632. The predicted octanol–water partition coefficient (Wildman–Crippen LogP) is 3.42. The summed E-state index contributed by atoms with van der Waals surface area (Å²) < 4.78 is 11.7. The van der Waals surface area contributed by atoms with Crippen LogP contribution in [0.3, 0.4) is 0 Å². The number of likely N-dealkylation sites (tertiary alicyclic amines) is 1. The standard InChI is InChI=1S/C19H28N2O3/c20-16-9-11-17(12-10-16)24-18-8-4-5-13-21(18)19(22)23-14-15-6-2-1-3-7-15/h1-3,6-7,16-18H,4-5,8-14,20H2. The third-order valence-electron chi connectivity index (χ3n) is 4.96. The molecule has 5 heteroatoms. The van der Waals surface area contributed by atoms with Gasteiger partial charge in [0, 0.05) is 12.6 Å². The minimum atomic E-state index is -0.268. The minimum absolute atomic E-state index is 0.152. The maximum Gasteiger partial charge on any atom is 0.412 e. The summed E-state index contributed by atoms with van der Waals surface area (Å²) in [6.45, 7) is 1.02. The molecule has 3 rings (SSSR count). The molecule has 1 aromatic rings. The second kappa shape index (κ2) is 8.49. The highest BCUT2D eigenvalue weighted by molar-refractivity contribution is 5.68. The van der Waals surface area contributed by atoms with E-state index in [1.165, 1.54) is 0 Å². The van der Waals surface area contributed by atoms with Crippen molar-refractivity contribution in [1.82, 2.24) is 4.90 Å². The normalized spacial score (nSPS) is 27.7. The van der Waals surface area contributed by atoms with E-state index in [0.29, 0.717) is 19.2 Å². The molecule has 2 fully saturated rings. The molecule has 2 N–H and O–H groups in total. The number of nitrogens with zero attached hydrogens (tertiary/aromatic N) is 1. The Labute approximate surface area is 144 Å². The number of ether oxygens (including phenoxy) is 2. The summed E-state index contributed by atoms with van der Waals surface area (Å²) in [6.07, 6.45) is 6.80. The number of carbonyl (C=O) groups excluding carboxylic acids is 1. The fourth-order valence-electron chi connectivity index (χ4n) is 3.50. The van der Waals surface area contributed by atoms with E-state index in [-0.39, 0.29) is 18.4 Å². The molecule has 1 atom stereocenters. The molecule has 132 valence electrons. The van der Waals surface area contributed by atoms with Gasteiger partial charge in [0.1, 0.15) is 12.8 Å². The Morgan fingerprint density at radius 1 is 1.08 bits per heavy atom. The first-order chi connectivity index (χ1) is 11.7. The Morgan fingerprint density at radius 3 is 2.58 bits per heavy atom. The molecular weight excluding hydrogens is 304 g/mol. The number of rotatable bonds is 4. The molecule has 1 aliphatic heterocycles. The fourth-order valence-corrected chi connectivity index (χ4v) is 3.50. The van der Waals surface area contributed by atoms with Crippen LogP contribution in [0.1, 0.15) is 50.5 Å². The van der Waals surface area contributed by atoms with Crippen LogP contribution in [-0.2, 0) is 16.1 Å². The summed E-state index contributed by atoms with van der Waals surface area (Å²) in [7, 11) is 0. The van der Waals surface area contributed by atoms with Crippen molar-refractivity contribution in [1.29, 1.82) is 0 Å². The second-order valence-electron chi connectivity index (χ2n) is 6.86. The second-order valence-corrected chi connectivity index (χ2v) is 6.86. The van der Waals surface area contributed by atoms with Gasteiger partial charge in [0.05, 0.1) is 6.10 Å². The molecule has 1 aromatic carbocycles. The Bertz CT molecular complexity index is 515. The molecule has 5 nitrogen and oxygen atoms in total. The van der Waals surface area contributed by atoms with Gasteiger partial charge in [-0.2, -0.15) is 0 Å². The molecular formula is C19H28N2O3. The van der Waals surface area contributed by atoms with E-state index in [1.54, 1.807) is 4.90 Å². The van der Waals surface area contributed by atoms with Crippen LogP contribution in [0.15, 0.2) is 30.3 Å². The van der Waals surface area contributed by atoms with Crippen LogP contribution >= 0.6 is 0 Å². The van der Waals surface area contributed by atoms with Gasteiger partial charge in [0.15, 0.2) is 0 Å². The monoisotopic (exact) mass is 332 g/mol. The Hall–Kier alpha value is -1.59. The van der Waals surface area contributed by atoms with Crippen LogP contribution in [0.2, 0.25) is 0 Å². The van der Waals surface area contributed by atoms with Crippen LogP contribution in [0.5, 0.6) is 0 Å². The highest BCUT2D eigenvalue weighted by atomic mass is 16.6. The van der Waals surface area contributed by atoms with Crippen molar-refractivity contribution in [3.63, 3.8) is 0 Å². The van der Waals surface area contributed by atoms with Gasteiger partial charge in [-0.05, 0) is 50.5 Å². The van der Waals surface area contributed by atoms with Gasteiger partial charge in [-0.15, -0.1) is 0 Å². The quantitative estimate of drug-likeness (QED) is 0.917. The molecule has 0 radical (unpaired) electrons. The molecule has 24 heavy (non-hydrogen) atoms. The Morgan fingerprint density at radius 2 is 1.83 bits per heavy atom. The van der Waals surface area contributed by atoms with E-state index < -0.39 is 0 Å². The van der Waals surface area contributed by atoms with Crippen LogP contribution in [0.4, 0.5) is 4.79 Å². The van der Waals surface area contributed by atoms with Crippen molar-refractivity contribution in [3.05, 3.63) is 35.9 Å². The van der Waals surface area contributed by atoms with Gasteiger partial charge in [-0.25, -0.2) is 4.79 Å². The van der Waals surface area contributed by atoms with Gasteiger partial charge in [-0.1, -0.05) is 30.3 Å². The summed E-state index contributed by atoms with van der Waals surface area (Å²) in [4.78, 5) is 14.2. The van der Waals surface area contributed by atoms with Crippen LogP contribution in [0.25, 0.3) is 0 Å². The zero-order chi connectivity index (χ0) is 16.8. The van der Waals surface area contributed by atoms with E-state index in [9.17, 15) is 4.79 Å². The maximum absolute atomic E-state index is 12.5. The maximum atomic E-state index is 12.5. The highest BCUT2D eigenvalue weighted by Crippen LogP contribution is 2.26. The smallest absolute Gasteiger partial charge is 0.412 e. The first-order valence-corrected chi connectivity index (χ1v) is 9.11. The molecule has 1 aliphatic carbocycles. The van der Waals surface area contributed by atoms with Crippen molar-refractivity contribution in [2.45, 2.75) is 69.9 Å². The lowest BCUT2D eigenvalue weighted by atomic mass is 9.93. The van der Waals surface area contributed by atoms with E-state index in [1.807, 2.05) is 30.3 Å². The van der Waals surface area contributed by atoms with E-state index in [2.05, 4.69) is 0 Å². The molecule has 1 saturated carbocycles. The molecule has 1 saturated heterocycles. The van der Waals surface area contributed by atoms with Crippen LogP contribution in [-0.4, -0.2) is 35.9 Å². The molecule has 2 aliphatic rings. The molecule has 1 unspecified atom stereocenters. The number of piperidine rings is 1. The average molecular weight is 332 g/mol. The first-order valence-electron chi connectivity index (χ1n) is 9.11. The molecule has 0 spiro atoms. The Kier molecular flexibility index (Phi) is 6.10. The zero-order valence-electron chi connectivity index (χ0n) is 14.2. The van der Waals surface area contributed by atoms with E-state index in [4.69, 9.17) is 15.2 Å². The summed E-state index contributed by atoms with van der Waals surface area (Å²) in [5.41, 5.74) is 6.96. The SMILES string of the molecule is NC1CCC(OC2CCCCN2C(=O)OCc2ccccc2)CC1. The molecule has 0 aromatic heterocycles. The number of hydrogen-bond donors (Lipinski definition) is 1. The van der Waals surface area contributed by atoms with Crippen molar-refractivity contribution in [2.24, 2.45) is 5.73 Å². The molecule has 0 bridgehead atoms. The van der Waals surface area contributed by atoms with Gasteiger partial charge in [0.2, 0.25) is 0 Å².